The average molecular weight is 183 g/mol. The van der Waals surface area contributed by atoms with Gasteiger partial charge in [-0.05, 0) is 43.9 Å². The topological polar surface area (TPSA) is 26.0 Å². The Kier molecular flexibility index (Phi) is 3.06. The fourth-order valence-electron chi connectivity index (χ4n) is 3.62. The molecule has 0 heterocycles. The van der Waals surface area contributed by atoms with Crippen LogP contribution >= 0.6 is 0 Å². The Morgan fingerprint density at radius 3 is 2.38 bits per heavy atom. The van der Waals surface area contributed by atoms with Gasteiger partial charge in [-0.2, -0.15) is 0 Å². The molecule has 0 aromatic rings. The molecule has 0 aliphatic heterocycles. The van der Waals surface area contributed by atoms with Crippen molar-refractivity contribution in [2.45, 2.75) is 65.3 Å². The lowest BCUT2D eigenvalue weighted by atomic mass is 9.63. The van der Waals surface area contributed by atoms with E-state index in [9.17, 15) is 0 Å². The highest BCUT2D eigenvalue weighted by atomic mass is 14.7. The Balaban J connectivity index is 2.66. The maximum atomic E-state index is 6.27. The van der Waals surface area contributed by atoms with Gasteiger partial charge in [0.1, 0.15) is 0 Å². The van der Waals surface area contributed by atoms with Crippen molar-refractivity contribution in [2.24, 2.45) is 17.1 Å². The third kappa shape index (κ3) is 2.98. The highest BCUT2D eigenvalue weighted by Gasteiger charge is 2.39. The molecule has 13 heavy (non-hydrogen) atoms. The minimum Gasteiger partial charge on any atom is -0.325 e. The fraction of sp³-hybridized carbons (Fsp3) is 1.00. The predicted molar refractivity (Wildman–Crippen MR) is 58.6 cm³/mol. The Morgan fingerprint density at radius 2 is 1.92 bits per heavy atom. The Bertz CT molecular complexity index is 174. The summed E-state index contributed by atoms with van der Waals surface area (Å²) in [5.74, 6) is 0.806. The summed E-state index contributed by atoms with van der Waals surface area (Å²) in [4.78, 5) is 0. The van der Waals surface area contributed by atoms with Crippen LogP contribution in [0.4, 0.5) is 0 Å². The van der Waals surface area contributed by atoms with Crippen LogP contribution in [0.3, 0.4) is 0 Å². The molecule has 1 nitrogen and oxygen atoms in total. The van der Waals surface area contributed by atoms with Crippen molar-refractivity contribution >= 4 is 0 Å². The van der Waals surface area contributed by atoms with E-state index in [1.807, 2.05) is 0 Å². The first kappa shape index (κ1) is 11.0. The number of hydrogen-bond donors (Lipinski definition) is 1. The van der Waals surface area contributed by atoms with E-state index < -0.39 is 0 Å². The summed E-state index contributed by atoms with van der Waals surface area (Å²) >= 11 is 0. The standard InChI is InChI=1S/C12H25N/c1-5-6-11(3)7-10(2)8-12(4,13)9-11/h10H,5-9,13H2,1-4H3/t10-,11-,12-/m0/s1. The molecule has 0 bridgehead atoms. The van der Waals surface area contributed by atoms with Crippen molar-refractivity contribution in [3.05, 3.63) is 0 Å². The molecule has 3 atom stereocenters. The number of rotatable bonds is 2. The molecule has 0 saturated heterocycles. The maximum absolute atomic E-state index is 6.27. The van der Waals surface area contributed by atoms with E-state index >= 15 is 0 Å². The third-order valence-electron chi connectivity index (χ3n) is 3.34. The van der Waals surface area contributed by atoms with Crippen LogP contribution in [0, 0.1) is 11.3 Å². The van der Waals surface area contributed by atoms with Crippen LogP contribution < -0.4 is 5.73 Å². The van der Waals surface area contributed by atoms with Gasteiger partial charge in [-0.1, -0.05) is 27.2 Å². The molecule has 0 unspecified atom stereocenters. The first-order valence-electron chi connectivity index (χ1n) is 5.66. The molecular formula is C12H25N. The highest BCUT2D eigenvalue weighted by Crippen LogP contribution is 2.45. The lowest BCUT2D eigenvalue weighted by Crippen LogP contribution is -2.47. The van der Waals surface area contributed by atoms with E-state index in [4.69, 9.17) is 5.73 Å². The van der Waals surface area contributed by atoms with E-state index in [2.05, 4.69) is 27.7 Å². The van der Waals surface area contributed by atoms with Gasteiger partial charge in [-0.25, -0.2) is 0 Å². The van der Waals surface area contributed by atoms with Gasteiger partial charge in [0.2, 0.25) is 0 Å². The molecule has 0 radical (unpaired) electrons. The van der Waals surface area contributed by atoms with Crippen LogP contribution in [0.1, 0.15) is 59.8 Å². The summed E-state index contributed by atoms with van der Waals surface area (Å²) in [7, 11) is 0. The van der Waals surface area contributed by atoms with E-state index in [0.29, 0.717) is 5.41 Å². The molecule has 78 valence electrons. The summed E-state index contributed by atoms with van der Waals surface area (Å²) in [6, 6.07) is 0. The van der Waals surface area contributed by atoms with Crippen molar-refractivity contribution in [1.82, 2.24) is 0 Å². The minimum absolute atomic E-state index is 0.0849. The largest absolute Gasteiger partial charge is 0.325 e. The molecule has 1 saturated carbocycles. The molecule has 1 heteroatoms. The van der Waals surface area contributed by atoms with Gasteiger partial charge in [0.25, 0.3) is 0 Å². The van der Waals surface area contributed by atoms with Crippen molar-refractivity contribution in [2.75, 3.05) is 0 Å². The third-order valence-corrected chi connectivity index (χ3v) is 3.34. The van der Waals surface area contributed by atoms with Crippen LogP contribution in [0.2, 0.25) is 0 Å². The summed E-state index contributed by atoms with van der Waals surface area (Å²) in [6.07, 6.45) is 6.40. The predicted octanol–water partition coefficient (Wildman–Crippen LogP) is 3.33. The van der Waals surface area contributed by atoms with Crippen molar-refractivity contribution in [3.63, 3.8) is 0 Å². The van der Waals surface area contributed by atoms with Crippen LogP contribution in [0.25, 0.3) is 0 Å². The highest BCUT2D eigenvalue weighted by molar-refractivity contribution is 4.95. The fourth-order valence-corrected chi connectivity index (χ4v) is 3.62. The van der Waals surface area contributed by atoms with Crippen molar-refractivity contribution < 1.29 is 0 Å². The lowest BCUT2D eigenvalue weighted by molar-refractivity contribution is 0.0928. The monoisotopic (exact) mass is 183 g/mol. The summed E-state index contributed by atoms with van der Waals surface area (Å²) in [5, 5.41) is 0. The molecule has 1 fully saturated rings. The molecular weight excluding hydrogens is 158 g/mol. The van der Waals surface area contributed by atoms with E-state index in [1.165, 1.54) is 32.1 Å². The lowest BCUT2D eigenvalue weighted by Gasteiger charge is -2.45. The second kappa shape index (κ2) is 3.61. The zero-order valence-corrected chi connectivity index (χ0v) is 9.69. The number of nitrogens with two attached hydrogens (primary N) is 1. The molecule has 0 spiro atoms. The zero-order chi connectivity index (χ0) is 10.1. The maximum Gasteiger partial charge on any atom is 0.0133 e. The number of hydrogen-bond acceptors (Lipinski definition) is 1. The van der Waals surface area contributed by atoms with Crippen molar-refractivity contribution in [1.29, 1.82) is 0 Å². The first-order chi connectivity index (χ1) is 5.87. The van der Waals surface area contributed by atoms with Crippen LogP contribution in [0.15, 0.2) is 0 Å². The van der Waals surface area contributed by atoms with Gasteiger partial charge in [0, 0.05) is 5.54 Å². The van der Waals surface area contributed by atoms with Crippen LogP contribution in [-0.4, -0.2) is 5.54 Å². The second-order valence-electron chi connectivity index (χ2n) is 5.90. The van der Waals surface area contributed by atoms with Gasteiger partial charge in [-0.3, -0.25) is 0 Å². The Hall–Kier alpha value is -0.0400. The molecule has 0 amide bonds. The molecule has 0 aromatic heterocycles. The minimum atomic E-state index is 0.0849. The SMILES string of the molecule is CCC[C@@]1(C)C[C@H](C)C[C@](C)(N)C1. The van der Waals surface area contributed by atoms with Gasteiger partial charge in [0.05, 0.1) is 0 Å². The van der Waals surface area contributed by atoms with Crippen LogP contribution in [-0.2, 0) is 0 Å². The van der Waals surface area contributed by atoms with Gasteiger partial charge >= 0.3 is 0 Å². The molecule has 1 aliphatic rings. The smallest absolute Gasteiger partial charge is 0.0133 e. The van der Waals surface area contributed by atoms with E-state index in [0.717, 1.165) is 5.92 Å². The zero-order valence-electron chi connectivity index (χ0n) is 9.69. The summed E-state index contributed by atoms with van der Waals surface area (Å²) in [6.45, 7) is 9.25. The molecule has 1 aliphatic carbocycles. The summed E-state index contributed by atoms with van der Waals surface area (Å²) < 4.78 is 0. The van der Waals surface area contributed by atoms with Gasteiger partial charge < -0.3 is 5.73 Å². The van der Waals surface area contributed by atoms with Gasteiger partial charge in [-0.15, -0.1) is 0 Å². The summed E-state index contributed by atoms with van der Waals surface area (Å²) in [5.41, 5.74) is 6.87. The second-order valence-corrected chi connectivity index (χ2v) is 5.90. The first-order valence-corrected chi connectivity index (χ1v) is 5.66. The van der Waals surface area contributed by atoms with E-state index in [1.54, 1.807) is 0 Å². The quantitative estimate of drug-likeness (QED) is 0.698. The van der Waals surface area contributed by atoms with Crippen LogP contribution in [0.5, 0.6) is 0 Å². The Labute approximate surface area is 83.1 Å². The molecule has 1 rings (SSSR count). The van der Waals surface area contributed by atoms with E-state index in [-0.39, 0.29) is 5.54 Å². The molecule has 0 aromatic carbocycles. The average Bonchev–Trinajstić information content (AvgIpc) is 1.78. The van der Waals surface area contributed by atoms with Gasteiger partial charge in [0.15, 0.2) is 0 Å². The normalized spacial score (nSPS) is 46.4. The molecule has 2 N–H and O–H groups in total. The van der Waals surface area contributed by atoms with Crippen molar-refractivity contribution in [3.8, 4) is 0 Å². The Morgan fingerprint density at radius 1 is 1.31 bits per heavy atom.